The van der Waals surface area contributed by atoms with Crippen LogP contribution in [0.4, 0.5) is 5.82 Å². The fourth-order valence-corrected chi connectivity index (χ4v) is 1.41. The lowest BCUT2D eigenvalue weighted by Crippen LogP contribution is -2.18. The summed E-state index contributed by atoms with van der Waals surface area (Å²) >= 11 is 4.91. The van der Waals surface area contributed by atoms with Crippen LogP contribution in [0.15, 0.2) is 18.3 Å². The molecule has 1 aromatic rings. The lowest BCUT2D eigenvalue weighted by Gasteiger charge is -2.14. The molecule has 1 aromatic heterocycles. The molecule has 3 N–H and O–H groups in total. The summed E-state index contributed by atoms with van der Waals surface area (Å²) in [6.45, 7) is 2.80. The first-order chi connectivity index (χ1) is 7.63. The van der Waals surface area contributed by atoms with Crippen molar-refractivity contribution in [3.05, 3.63) is 23.9 Å². The number of thiocarbonyl (C=S) groups is 1. The monoisotopic (exact) mass is 239 g/mol. The lowest BCUT2D eigenvalue weighted by molar-refractivity contribution is 0.191. The zero-order chi connectivity index (χ0) is 12.0. The maximum Gasteiger partial charge on any atom is 0.126 e. The smallest absolute Gasteiger partial charge is 0.126 e. The molecule has 5 heteroatoms. The second kappa shape index (κ2) is 6.40. The molecule has 0 aromatic carbocycles. The number of nitrogens with one attached hydrogen (secondary N) is 1. The van der Waals surface area contributed by atoms with Crippen LogP contribution >= 0.6 is 12.2 Å². The largest absolute Gasteiger partial charge is 0.389 e. The van der Waals surface area contributed by atoms with E-state index >= 15 is 0 Å². The first-order valence-electron chi connectivity index (χ1n) is 5.15. The van der Waals surface area contributed by atoms with Crippen molar-refractivity contribution < 1.29 is 4.74 Å². The zero-order valence-electron chi connectivity index (χ0n) is 9.56. The van der Waals surface area contributed by atoms with E-state index in [4.69, 9.17) is 22.7 Å². The minimum atomic E-state index is 0.300. The number of pyridine rings is 1. The summed E-state index contributed by atoms with van der Waals surface area (Å²) in [6.07, 6.45) is 2.62. The van der Waals surface area contributed by atoms with E-state index in [9.17, 15) is 0 Å². The Hall–Kier alpha value is -1.20. The summed E-state index contributed by atoms with van der Waals surface area (Å²) in [7, 11) is 1.69. The van der Waals surface area contributed by atoms with Crippen molar-refractivity contribution in [1.82, 2.24) is 4.98 Å². The van der Waals surface area contributed by atoms with Gasteiger partial charge < -0.3 is 15.8 Å². The topological polar surface area (TPSA) is 60.2 Å². The summed E-state index contributed by atoms with van der Waals surface area (Å²) < 4.78 is 5.01. The first-order valence-corrected chi connectivity index (χ1v) is 5.55. The first kappa shape index (κ1) is 12.9. The Morgan fingerprint density at radius 1 is 1.69 bits per heavy atom. The Labute approximate surface area is 101 Å². The van der Waals surface area contributed by atoms with Crippen LogP contribution in [-0.2, 0) is 4.74 Å². The molecule has 4 nitrogen and oxygen atoms in total. The summed E-state index contributed by atoms with van der Waals surface area (Å²) in [6, 6.07) is 3.95. The zero-order valence-corrected chi connectivity index (χ0v) is 10.4. The average Bonchev–Trinajstić information content (AvgIpc) is 2.26. The maximum absolute atomic E-state index is 5.55. The Kier molecular flexibility index (Phi) is 5.14. The number of methoxy groups -OCH3 is 1. The predicted octanol–water partition coefficient (Wildman–Crippen LogP) is 1.55. The molecule has 0 amide bonds. The molecule has 1 heterocycles. The molecule has 0 aliphatic heterocycles. The van der Waals surface area contributed by atoms with Crippen molar-refractivity contribution in [3.63, 3.8) is 0 Å². The molecule has 1 atom stereocenters. The van der Waals surface area contributed by atoms with Crippen molar-refractivity contribution >= 4 is 23.0 Å². The number of hydrogen-bond acceptors (Lipinski definition) is 4. The average molecular weight is 239 g/mol. The van der Waals surface area contributed by atoms with Crippen LogP contribution in [0.2, 0.25) is 0 Å². The number of ether oxygens (including phenoxy) is 1. The second-order valence-corrected chi connectivity index (χ2v) is 4.06. The quantitative estimate of drug-likeness (QED) is 0.738. The molecular weight excluding hydrogens is 222 g/mol. The molecule has 0 aliphatic carbocycles. The molecule has 0 bridgehead atoms. The summed E-state index contributed by atoms with van der Waals surface area (Å²) in [5.41, 5.74) is 6.37. The number of rotatable bonds is 6. The van der Waals surface area contributed by atoms with Gasteiger partial charge in [-0.05, 0) is 25.5 Å². The van der Waals surface area contributed by atoms with Crippen LogP contribution < -0.4 is 11.1 Å². The number of nitrogens with zero attached hydrogens (tertiary/aromatic N) is 1. The molecule has 0 spiro atoms. The van der Waals surface area contributed by atoms with Gasteiger partial charge in [0.1, 0.15) is 10.8 Å². The van der Waals surface area contributed by atoms with Gasteiger partial charge in [0.2, 0.25) is 0 Å². The fourth-order valence-electron chi connectivity index (χ4n) is 1.28. The molecule has 88 valence electrons. The standard InChI is InChI=1S/C11H17N3OS/c1-8(4-6-15-2)14-10-7-9(11(12)16)3-5-13-10/h3,5,7-8H,4,6H2,1-2H3,(H2,12,16)(H,13,14). The summed E-state index contributed by atoms with van der Waals surface area (Å²) in [4.78, 5) is 4.59. The van der Waals surface area contributed by atoms with Gasteiger partial charge in [-0.3, -0.25) is 0 Å². The SMILES string of the molecule is COCCC(C)Nc1cc(C(N)=S)ccn1. The van der Waals surface area contributed by atoms with E-state index in [1.165, 1.54) is 0 Å². The van der Waals surface area contributed by atoms with Gasteiger partial charge >= 0.3 is 0 Å². The minimum Gasteiger partial charge on any atom is -0.389 e. The van der Waals surface area contributed by atoms with Gasteiger partial charge in [0.25, 0.3) is 0 Å². The van der Waals surface area contributed by atoms with Crippen molar-refractivity contribution in [2.45, 2.75) is 19.4 Å². The molecule has 0 radical (unpaired) electrons. The van der Waals surface area contributed by atoms with E-state index in [1.54, 1.807) is 19.4 Å². The fraction of sp³-hybridized carbons (Fsp3) is 0.455. The number of aromatic nitrogens is 1. The molecule has 1 rings (SSSR count). The third-order valence-corrected chi connectivity index (χ3v) is 2.43. The summed E-state index contributed by atoms with van der Waals surface area (Å²) in [5.74, 6) is 0.786. The third kappa shape index (κ3) is 4.12. The van der Waals surface area contributed by atoms with Crippen LogP contribution in [0.25, 0.3) is 0 Å². The van der Waals surface area contributed by atoms with Crippen LogP contribution in [0, 0.1) is 0 Å². The van der Waals surface area contributed by atoms with Gasteiger partial charge in [0, 0.05) is 31.5 Å². The van der Waals surface area contributed by atoms with Crippen molar-refractivity contribution in [3.8, 4) is 0 Å². The Bertz CT molecular complexity index is 357. The lowest BCUT2D eigenvalue weighted by atomic mass is 10.2. The van der Waals surface area contributed by atoms with E-state index in [0.717, 1.165) is 24.4 Å². The number of anilines is 1. The molecule has 16 heavy (non-hydrogen) atoms. The van der Waals surface area contributed by atoms with Gasteiger partial charge in [-0.1, -0.05) is 12.2 Å². The minimum absolute atomic E-state index is 0.300. The van der Waals surface area contributed by atoms with Gasteiger partial charge in [0.05, 0.1) is 0 Å². The predicted molar refractivity (Wildman–Crippen MR) is 69.7 cm³/mol. The van der Waals surface area contributed by atoms with Crippen molar-refractivity contribution in [1.29, 1.82) is 0 Å². The molecule has 0 fully saturated rings. The van der Waals surface area contributed by atoms with Gasteiger partial charge in [-0.2, -0.15) is 0 Å². The molecule has 1 unspecified atom stereocenters. The number of hydrogen-bond donors (Lipinski definition) is 2. The van der Waals surface area contributed by atoms with E-state index in [2.05, 4.69) is 17.2 Å². The van der Waals surface area contributed by atoms with Gasteiger partial charge in [0.15, 0.2) is 0 Å². The van der Waals surface area contributed by atoms with E-state index in [1.807, 2.05) is 6.07 Å². The highest BCUT2D eigenvalue weighted by molar-refractivity contribution is 7.80. The molecular formula is C11H17N3OS. The second-order valence-electron chi connectivity index (χ2n) is 3.62. The van der Waals surface area contributed by atoms with Crippen LogP contribution in [0.3, 0.4) is 0 Å². The summed E-state index contributed by atoms with van der Waals surface area (Å²) in [5, 5.41) is 3.27. The third-order valence-electron chi connectivity index (χ3n) is 2.19. The van der Waals surface area contributed by atoms with Gasteiger partial charge in [-0.25, -0.2) is 4.98 Å². The highest BCUT2D eigenvalue weighted by atomic mass is 32.1. The molecule has 0 aliphatic rings. The van der Waals surface area contributed by atoms with E-state index < -0.39 is 0 Å². The van der Waals surface area contributed by atoms with E-state index in [0.29, 0.717) is 11.0 Å². The van der Waals surface area contributed by atoms with Crippen molar-refractivity contribution in [2.75, 3.05) is 19.0 Å². The number of nitrogens with two attached hydrogens (primary N) is 1. The van der Waals surface area contributed by atoms with Gasteiger partial charge in [-0.15, -0.1) is 0 Å². The van der Waals surface area contributed by atoms with Crippen LogP contribution in [0.1, 0.15) is 18.9 Å². The Morgan fingerprint density at radius 2 is 2.44 bits per heavy atom. The highest BCUT2D eigenvalue weighted by Gasteiger charge is 2.04. The Balaban J connectivity index is 2.59. The van der Waals surface area contributed by atoms with Crippen LogP contribution in [0.5, 0.6) is 0 Å². The Morgan fingerprint density at radius 3 is 3.06 bits per heavy atom. The molecule has 0 saturated carbocycles. The molecule has 0 saturated heterocycles. The highest BCUT2D eigenvalue weighted by Crippen LogP contribution is 2.09. The maximum atomic E-state index is 5.55. The van der Waals surface area contributed by atoms with Crippen molar-refractivity contribution in [2.24, 2.45) is 5.73 Å². The van der Waals surface area contributed by atoms with Crippen LogP contribution in [-0.4, -0.2) is 29.7 Å². The normalized spacial score (nSPS) is 12.1. The van der Waals surface area contributed by atoms with E-state index in [-0.39, 0.29) is 0 Å².